The van der Waals surface area contributed by atoms with E-state index >= 15 is 0 Å². The van der Waals surface area contributed by atoms with Crippen molar-refractivity contribution in [2.75, 3.05) is 29.4 Å². The van der Waals surface area contributed by atoms with E-state index in [-0.39, 0.29) is 16.4 Å². The second-order valence-corrected chi connectivity index (χ2v) is 8.85. The first-order valence-corrected chi connectivity index (χ1v) is 11.4. The van der Waals surface area contributed by atoms with Crippen LogP contribution in [-0.4, -0.2) is 40.5 Å². The molecule has 0 spiro atoms. The minimum atomic E-state index is -3.79. The highest BCUT2D eigenvalue weighted by Crippen LogP contribution is 2.22. The van der Waals surface area contributed by atoms with Crippen molar-refractivity contribution in [3.05, 3.63) is 90.5 Å². The predicted octanol–water partition coefficient (Wildman–Crippen LogP) is 3.72. The molecule has 7 nitrogen and oxygen atoms in total. The predicted molar refractivity (Wildman–Crippen MR) is 123 cm³/mol. The summed E-state index contributed by atoms with van der Waals surface area (Å²) in [6, 6.07) is 23.2. The Kier molecular flexibility index (Phi) is 7.27. The monoisotopic (exact) mass is 452 g/mol. The average molecular weight is 453 g/mol. The highest BCUT2D eigenvalue weighted by molar-refractivity contribution is 7.92. The molecule has 0 fully saturated rings. The lowest BCUT2D eigenvalue weighted by Gasteiger charge is -2.21. The van der Waals surface area contributed by atoms with Gasteiger partial charge in [-0.05, 0) is 55.5 Å². The van der Waals surface area contributed by atoms with E-state index in [0.717, 1.165) is 0 Å². The quantitative estimate of drug-likeness (QED) is 0.487. The number of hydrogen-bond acceptors (Lipinski definition) is 5. The Morgan fingerprint density at radius 3 is 1.88 bits per heavy atom. The SMILES string of the molecule is CCN(C(=O)COC(=O)c1ccc(S(=O)(=O)N(C)c2ccccc2)cc1)c1ccccc1. The van der Waals surface area contributed by atoms with Gasteiger partial charge in [-0.1, -0.05) is 36.4 Å². The minimum Gasteiger partial charge on any atom is -0.452 e. The van der Waals surface area contributed by atoms with Crippen molar-refractivity contribution in [3.63, 3.8) is 0 Å². The van der Waals surface area contributed by atoms with Gasteiger partial charge < -0.3 is 9.64 Å². The summed E-state index contributed by atoms with van der Waals surface area (Å²) in [5, 5.41) is 0. The number of amides is 1. The summed E-state index contributed by atoms with van der Waals surface area (Å²) in [4.78, 5) is 26.4. The summed E-state index contributed by atoms with van der Waals surface area (Å²) < 4.78 is 32.0. The smallest absolute Gasteiger partial charge is 0.338 e. The van der Waals surface area contributed by atoms with E-state index in [2.05, 4.69) is 0 Å². The lowest BCUT2D eigenvalue weighted by atomic mass is 10.2. The van der Waals surface area contributed by atoms with Gasteiger partial charge in [0.05, 0.1) is 16.1 Å². The van der Waals surface area contributed by atoms with Gasteiger partial charge in [-0.3, -0.25) is 9.10 Å². The number of benzene rings is 3. The summed E-state index contributed by atoms with van der Waals surface area (Å²) in [6.45, 7) is 1.85. The molecule has 0 aliphatic heterocycles. The van der Waals surface area contributed by atoms with E-state index in [1.165, 1.54) is 40.5 Å². The Hall–Kier alpha value is -3.65. The van der Waals surface area contributed by atoms with Crippen molar-refractivity contribution in [2.45, 2.75) is 11.8 Å². The van der Waals surface area contributed by atoms with Crippen LogP contribution in [0, 0.1) is 0 Å². The highest BCUT2D eigenvalue weighted by Gasteiger charge is 2.22. The maximum Gasteiger partial charge on any atom is 0.338 e. The lowest BCUT2D eigenvalue weighted by Crippen LogP contribution is -2.34. The van der Waals surface area contributed by atoms with Crippen LogP contribution in [0.15, 0.2) is 89.8 Å². The van der Waals surface area contributed by atoms with Crippen LogP contribution >= 0.6 is 0 Å². The van der Waals surface area contributed by atoms with Crippen LogP contribution in [0.25, 0.3) is 0 Å². The van der Waals surface area contributed by atoms with Crippen molar-refractivity contribution in [1.29, 1.82) is 0 Å². The third-order valence-corrected chi connectivity index (χ3v) is 6.68. The normalized spacial score (nSPS) is 10.9. The number of carbonyl (C=O) groups is 2. The van der Waals surface area contributed by atoms with Crippen molar-refractivity contribution < 1.29 is 22.7 Å². The first-order valence-electron chi connectivity index (χ1n) is 10.0. The molecule has 0 N–H and O–H groups in total. The Morgan fingerprint density at radius 2 is 1.34 bits per heavy atom. The number of anilines is 2. The molecule has 1 amide bonds. The van der Waals surface area contributed by atoms with Crippen molar-refractivity contribution in [2.24, 2.45) is 0 Å². The minimum absolute atomic E-state index is 0.0396. The van der Waals surface area contributed by atoms with Crippen molar-refractivity contribution >= 4 is 33.3 Å². The van der Waals surface area contributed by atoms with Crippen molar-refractivity contribution in [3.8, 4) is 0 Å². The Labute approximate surface area is 187 Å². The molecule has 32 heavy (non-hydrogen) atoms. The van der Waals surface area contributed by atoms with E-state index in [9.17, 15) is 18.0 Å². The lowest BCUT2D eigenvalue weighted by molar-refractivity contribution is -0.121. The molecule has 0 atom stereocenters. The maximum atomic E-state index is 12.8. The Morgan fingerprint density at radius 1 is 0.812 bits per heavy atom. The Bertz CT molecular complexity index is 1160. The van der Waals surface area contributed by atoms with Crippen LogP contribution in [0.1, 0.15) is 17.3 Å². The van der Waals surface area contributed by atoms with Crippen LogP contribution in [-0.2, 0) is 19.6 Å². The van der Waals surface area contributed by atoms with E-state index in [1.54, 1.807) is 42.5 Å². The molecule has 0 radical (unpaired) electrons. The molecule has 8 heteroatoms. The number of esters is 1. The average Bonchev–Trinajstić information content (AvgIpc) is 2.83. The van der Waals surface area contributed by atoms with Gasteiger partial charge in [-0.25, -0.2) is 13.2 Å². The molecule has 0 aliphatic rings. The van der Waals surface area contributed by atoms with Crippen molar-refractivity contribution in [1.82, 2.24) is 0 Å². The van der Waals surface area contributed by atoms with E-state index in [1.807, 2.05) is 25.1 Å². The van der Waals surface area contributed by atoms with Gasteiger partial charge in [0, 0.05) is 19.3 Å². The first kappa shape index (κ1) is 23.0. The van der Waals surface area contributed by atoms with Gasteiger partial charge in [-0.15, -0.1) is 0 Å². The summed E-state index contributed by atoms with van der Waals surface area (Å²) >= 11 is 0. The topological polar surface area (TPSA) is 84.0 Å². The molecule has 0 heterocycles. The molecule has 3 aromatic carbocycles. The van der Waals surface area contributed by atoms with Gasteiger partial charge >= 0.3 is 5.97 Å². The molecule has 3 rings (SSSR count). The maximum absolute atomic E-state index is 12.8. The third kappa shape index (κ3) is 5.15. The number of ether oxygens (including phenoxy) is 1. The molecular weight excluding hydrogens is 428 g/mol. The van der Waals surface area contributed by atoms with Gasteiger partial charge in [0.15, 0.2) is 6.61 Å². The molecule has 166 valence electrons. The second kappa shape index (κ2) is 10.1. The zero-order valence-electron chi connectivity index (χ0n) is 17.8. The summed E-state index contributed by atoms with van der Waals surface area (Å²) in [7, 11) is -2.32. The number of carbonyl (C=O) groups excluding carboxylic acids is 2. The molecule has 0 saturated carbocycles. The fraction of sp³-hybridized carbons (Fsp3) is 0.167. The number of rotatable bonds is 8. The number of sulfonamides is 1. The molecule has 0 aliphatic carbocycles. The molecule has 0 aromatic heterocycles. The zero-order chi connectivity index (χ0) is 23.1. The molecule has 0 bridgehead atoms. The zero-order valence-corrected chi connectivity index (χ0v) is 18.7. The van der Waals surface area contributed by atoms with Crippen LogP contribution in [0.3, 0.4) is 0 Å². The third-order valence-electron chi connectivity index (χ3n) is 4.88. The van der Waals surface area contributed by atoms with Crippen LogP contribution in [0.2, 0.25) is 0 Å². The van der Waals surface area contributed by atoms with Gasteiger partial charge in [-0.2, -0.15) is 0 Å². The standard InChI is InChI=1S/C24H24N2O5S/c1-3-26(21-12-8-5-9-13-21)23(27)18-31-24(28)19-14-16-22(17-15-19)32(29,30)25(2)20-10-6-4-7-11-20/h4-17H,3,18H2,1-2H3. The summed E-state index contributed by atoms with van der Waals surface area (Å²) in [6.07, 6.45) is 0. The molecule has 0 saturated heterocycles. The van der Waals surface area contributed by atoms with Crippen LogP contribution < -0.4 is 9.21 Å². The number of para-hydroxylation sites is 2. The fourth-order valence-corrected chi connectivity index (χ4v) is 4.29. The second-order valence-electron chi connectivity index (χ2n) is 6.88. The molecular formula is C24H24N2O5S. The molecule has 3 aromatic rings. The molecule has 0 unspecified atom stereocenters. The summed E-state index contributed by atoms with van der Waals surface area (Å²) in [5.41, 5.74) is 1.39. The van der Waals surface area contributed by atoms with E-state index < -0.39 is 22.6 Å². The largest absolute Gasteiger partial charge is 0.452 e. The van der Waals surface area contributed by atoms with Gasteiger partial charge in [0.1, 0.15) is 0 Å². The van der Waals surface area contributed by atoms with Crippen LogP contribution in [0.5, 0.6) is 0 Å². The fourth-order valence-electron chi connectivity index (χ4n) is 3.10. The van der Waals surface area contributed by atoms with Gasteiger partial charge in [0.2, 0.25) is 0 Å². The highest BCUT2D eigenvalue weighted by atomic mass is 32.2. The number of hydrogen-bond donors (Lipinski definition) is 0. The number of likely N-dealkylation sites (N-methyl/N-ethyl adjacent to an activating group) is 1. The van der Waals surface area contributed by atoms with Crippen LogP contribution in [0.4, 0.5) is 11.4 Å². The van der Waals surface area contributed by atoms with Gasteiger partial charge in [0.25, 0.3) is 15.9 Å². The first-order chi connectivity index (χ1) is 15.3. The number of nitrogens with zero attached hydrogens (tertiary/aromatic N) is 2. The van der Waals surface area contributed by atoms with E-state index in [0.29, 0.717) is 17.9 Å². The van der Waals surface area contributed by atoms with E-state index in [4.69, 9.17) is 4.74 Å². The Balaban J connectivity index is 1.65. The summed E-state index contributed by atoms with van der Waals surface area (Å²) in [5.74, 6) is -1.06.